The van der Waals surface area contributed by atoms with Crippen LogP contribution in [0.15, 0.2) is 24.3 Å². The molecule has 2 rings (SSSR count). The van der Waals surface area contributed by atoms with E-state index in [-0.39, 0.29) is 0 Å². The topological polar surface area (TPSA) is 38.5 Å². The van der Waals surface area contributed by atoms with Crippen molar-refractivity contribution in [3.8, 4) is 5.75 Å². The average molecular weight is 234 g/mol. The van der Waals surface area contributed by atoms with E-state index in [2.05, 4.69) is 24.1 Å². The Balaban J connectivity index is 2.07. The molecule has 94 valence electrons. The predicted octanol–water partition coefficient (Wildman–Crippen LogP) is 2.26. The zero-order chi connectivity index (χ0) is 12.3. The SMILES string of the molecule is COc1ccc(N(C)C(CN)C2CCC2)cc1. The zero-order valence-corrected chi connectivity index (χ0v) is 10.7. The third-order valence-corrected chi connectivity index (χ3v) is 3.91. The largest absolute Gasteiger partial charge is 0.497 e. The molecule has 0 heterocycles. The summed E-state index contributed by atoms with van der Waals surface area (Å²) in [6.07, 6.45) is 4.00. The molecule has 1 fully saturated rings. The van der Waals surface area contributed by atoms with Crippen molar-refractivity contribution in [2.45, 2.75) is 25.3 Å². The van der Waals surface area contributed by atoms with Crippen LogP contribution in [-0.2, 0) is 0 Å². The molecule has 0 saturated heterocycles. The minimum absolute atomic E-state index is 0.470. The number of benzene rings is 1. The molecular formula is C14H22N2O. The van der Waals surface area contributed by atoms with Crippen molar-refractivity contribution in [2.24, 2.45) is 11.7 Å². The first kappa shape index (κ1) is 12.2. The number of likely N-dealkylation sites (N-methyl/N-ethyl adjacent to an activating group) is 1. The lowest BCUT2D eigenvalue weighted by molar-refractivity contribution is 0.260. The predicted molar refractivity (Wildman–Crippen MR) is 71.6 cm³/mol. The number of hydrogen-bond donors (Lipinski definition) is 1. The summed E-state index contributed by atoms with van der Waals surface area (Å²) in [4.78, 5) is 2.31. The molecule has 1 unspecified atom stereocenters. The number of anilines is 1. The highest BCUT2D eigenvalue weighted by molar-refractivity contribution is 5.49. The molecule has 0 aromatic heterocycles. The second-order valence-electron chi connectivity index (χ2n) is 4.80. The Kier molecular flexibility index (Phi) is 3.89. The van der Waals surface area contributed by atoms with Gasteiger partial charge in [0.05, 0.1) is 7.11 Å². The van der Waals surface area contributed by atoms with Gasteiger partial charge >= 0.3 is 0 Å². The highest BCUT2D eigenvalue weighted by Gasteiger charge is 2.29. The van der Waals surface area contributed by atoms with Gasteiger partial charge in [-0.25, -0.2) is 0 Å². The fourth-order valence-corrected chi connectivity index (χ4v) is 2.50. The number of nitrogens with zero attached hydrogens (tertiary/aromatic N) is 1. The third kappa shape index (κ3) is 2.55. The Bertz CT molecular complexity index is 346. The Hall–Kier alpha value is -1.22. The Morgan fingerprint density at radius 1 is 1.35 bits per heavy atom. The number of ether oxygens (including phenoxy) is 1. The molecule has 0 spiro atoms. The van der Waals surface area contributed by atoms with E-state index in [1.807, 2.05) is 12.1 Å². The third-order valence-electron chi connectivity index (χ3n) is 3.91. The summed E-state index contributed by atoms with van der Waals surface area (Å²) >= 11 is 0. The smallest absolute Gasteiger partial charge is 0.119 e. The summed E-state index contributed by atoms with van der Waals surface area (Å²) in [5, 5.41) is 0. The van der Waals surface area contributed by atoms with Crippen molar-refractivity contribution in [3.63, 3.8) is 0 Å². The molecule has 3 heteroatoms. The first-order valence-electron chi connectivity index (χ1n) is 6.33. The van der Waals surface area contributed by atoms with Gasteiger partial charge in [0.15, 0.2) is 0 Å². The molecule has 17 heavy (non-hydrogen) atoms. The van der Waals surface area contributed by atoms with Crippen molar-refractivity contribution in [1.82, 2.24) is 0 Å². The summed E-state index contributed by atoms with van der Waals surface area (Å²) < 4.78 is 5.17. The van der Waals surface area contributed by atoms with Crippen LogP contribution in [0.3, 0.4) is 0 Å². The molecule has 0 amide bonds. The van der Waals surface area contributed by atoms with Gasteiger partial charge in [-0.1, -0.05) is 6.42 Å². The van der Waals surface area contributed by atoms with Gasteiger partial charge < -0.3 is 15.4 Å². The first-order chi connectivity index (χ1) is 8.26. The quantitative estimate of drug-likeness (QED) is 0.849. The molecule has 1 aliphatic rings. The van der Waals surface area contributed by atoms with Crippen LogP contribution >= 0.6 is 0 Å². The molecule has 1 atom stereocenters. The normalized spacial score (nSPS) is 17.4. The monoisotopic (exact) mass is 234 g/mol. The summed E-state index contributed by atoms with van der Waals surface area (Å²) in [6.45, 7) is 0.729. The van der Waals surface area contributed by atoms with Gasteiger partial charge in [0.2, 0.25) is 0 Å². The van der Waals surface area contributed by atoms with E-state index in [4.69, 9.17) is 10.5 Å². The van der Waals surface area contributed by atoms with E-state index in [1.165, 1.54) is 24.9 Å². The van der Waals surface area contributed by atoms with E-state index in [0.717, 1.165) is 18.2 Å². The van der Waals surface area contributed by atoms with Crippen molar-refractivity contribution in [1.29, 1.82) is 0 Å². The molecule has 1 aromatic rings. The van der Waals surface area contributed by atoms with Crippen LogP contribution in [0.2, 0.25) is 0 Å². The maximum absolute atomic E-state index is 5.91. The number of hydrogen-bond acceptors (Lipinski definition) is 3. The number of nitrogens with two attached hydrogens (primary N) is 1. The highest BCUT2D eigenvalue weighted by Crippen LogP contribution is 2.33. The molecule has 3 nitrogen and oxygen atoms in total. The summed E-state index contributed by atoms with van der Waals surface area (Å²) in [5.41, 5.74) is 7.13. The zero-order valence-electron chi connectivity index (χ0n) is 10.7. The second kappa shape index (κ2) is 5.41. The van der Waals surface area contributed by atoms with Crippen LogP contribution in [0.25, 0.3) is 0 Å². The van der Waals surface area contributed by atoms with Crippen LogP contribution in [0.4, 0.5) is 5.69 Å². The summed E-state index contributed by atoms with van der Waals surface area (Å²) in [6, 6.07) is 8.66. The molecule has 0 aliphatic heterocycles. The van der Waals surface area contributed by atoms with E-state index < -0.39 is 0 Å². The van der Waals surface area contributed by atoms with Crippen LogP contribution in [0, 0.1) is 5.92 Å². The average Bonchev–Trinajstić information content (AvgIpc) is 2.32. The molecule has 0 bridgehead atoms. The lowest BCUT2D eigenvalue weighted by Crippen LogP contribution is -2.46. The van der Waals surface area contributed by atoms with E-state index in [1.54, 1.807) is 7.11 Å². The van der Waals surface area contributed by atoms with Gasteiger partial charge in [-0.05, 0) is 43.0 Å². The molecule has 1 saturated carbocycles. The van der Waals surface area contributed by atoms with Gasteiger partial charge in [-0.2, -0.15) is 0 Å². The fourth-order valence-electron chi connectivity index (χ4n) is 2.50. The lowest BCUT2D eigenvalue weighted by Gasteiger charge is -2.40. The fraction of sp³-hybridized carbons (Fsp3) is 0.571. The van der Waals surface area contributed by atoms with Gasteiger partial charge in [-0.15, -0.1) is 0 Å². The standard InChI is InChI=1S/C14H22N2O/c1-16(14(10-15)11-4-3-5-11)12-6-8-13(17-2)9-7-12/h6-9,11,14H,3-5,10,15H2,1-2H3. The minimum atomic E-state index is 0.470. The van der Waals surface area contributed by atoms with Crippen LogP contribution in [0.5, 0.6) is 5.75 Å². The van der Waals surface area contributed by atoms with Crippen molar-refractivity contribution < 1.29 is 4.74 Å². The van der Waals surface area contributed by atoms with Gasteiger partial charge in [0.1, 0.15) is 5.75 Å². The first-order valence-corrected chi connectivity index (χ1v) is 6.33. The van der Waals surface area contributed by atoms with Crippen LogP contribution < -0.4 is 15.4 Å². The van der Waals surface area contributed by atoms with E-state index in [9.17, 15) is 0 Å². The Morgan fingerprint density at radius 3 is 2.41 bits per heavy atom. The van der Waals surface area contributed by atoms with Crippen molar-refractivity contribution in [2.75, 3.05) is 25.6 Å². The molecule has 1 aliphatic carbocycles. The van der Waals surface area contributed by atoms with Crippen LogP contribution in [-0.4, -0.2) is 26.7 Å². The second-order valence-corrected chi connectivity index (χ2v) is 4.80. The van der Waals surface area contributed by atoms with Crippen molar-refractivity contribution >= 4 is 5.69 Å². The van der Waals surface area contributed by atoms with Crippen molar-refractivity contribution in [3.05, 3.63) is 24.3 Å². The minimum Gasteiger partial charge on any atom is -0.497 e. The maximum Gasteiger partial charge on any atom is 0.119 e. The maximum atomic E-state index is 5.91. The Labute approximate surface area is 104 Å². The lowest BCUT2D eigenvalue weighted by atomic mass is 9.79. The van der Waals surface area contributed by atoms with E-state index in [0.29, 0.717) is 6.04 Å². The number of rotatable bonds is 5. The Morgan fingerprint density at radius 2 is 2.00 bits per heavy atom. The number of methoxy groups -OCH3 is 1. The van der Waals surface area contributed by atoms with Crippen LogP contribution in [0.1, 0.15) is 19.3 Å². The highest BCUT2D eigenvalue weighted by atomic mass is 16.5. The molecular weight excluding hydrogens is 212 g/mol. The van der Waals surface area contributed by atoms with E-state index >= 15 is 0 Å². The molecule has 2 N–H and O–H groups in total. The van der Waals surface area contributed by atoms with Gasteiger partial charge in [0, 0.05) is 25.3 Å². The van der Waals surface area contributed by atoms with Gasteiger partial charge in [0.25, 0.3) is 0 Å². The molecule has 0 radical (unpaired) electrons. The summed E-state index contributed by atoms with van der Waals surface area (Å²) in [7, 11) is 3.83. The van der Waals surface area contributed by atoms with Gasteiger partial charge in [-0.3, -0.25) is 0 Å². The molecule has 1 aromatic carbocycles. The summed E-state index contributed by atoms with van der Waals surface area (Å²) in [5.74, 6) is 1.67.